The molecule has 0 radical (unpaired) electrons. The third-order valence-corrected chi connectivity index (χ3v) is 4.50. The van der Waals surface area contributed by atoms with Crippen molar-refractivity contribution in [1.82, 2.24) is 4.98 Å². The zero-order valence-corrected chi connectivity index (χ0v) is 14.5. The van der Waals surface area contributed by atoms with E-state index in [1.54, 1.807) is 25.4 Å². The molecule has 0 saturated carbocycles. The first-order chi connectivity index (χ1) is 11.7. The van der Waals surface area contributed by atoms with Crippen molar-refractivity contribution in [3.63, 3.8) is 0 Å². The molecule has 0 spiro atoms. The lowest BCUT2D eigenvalue weighted by atomic mass is 10.2. The van der Waals surface area contributed by atoms with Crippen molar-refractivity contribution >= 4 is 27.2 Å². The Morgan fingerprint density at radius 1 is 1.21 bits per heavy atom. The van der Waals surface area contributed by atoms with Gasteiger partial charge in [0.15, 0.2) is 6.79 Å². The molecular weight excluding hydrogens is 324 g/mol. The van der Waals surface area contributed by atoms with Gasteiger partial charge in [0.2, 0.25) is 0 Å². The third kappa shape index (κ3) is 4.03. The minimum Gasteiger partial charge on any atom is -0.468 e. The first kappa shape index (κ1) is 16.7. The second kappa shape index (κ2) is 7.61. The van der Waals surface area contributed by atoms with Crippen molar-refractivity contribution in [2.45, 2.75) is 13.0 Å². The summed E-state index contributed by atoms with van der Waals surface area (Å²) in [6, 6.07) is 13.9. The average Bonchev–Trinajstić information content (AvgIpc) is 3.01. The van der Waals surface area contributed by atoms with Gasteiger partial charge in [0, 0.05) is 24.9 Å². The van der Waals surface area contributed by atoms with Gasteiger partial charge >= 0.3 is 0 Å². The number of rotatable bonds is 7. The molecule has 1 atom stereocenters. The maximum atomic E-state index is 9.31. The smallest absolute Gasteiger partial charge is 0.188 e. The van der Waals surface area contributed by atoms with E-state index in [0.717, 1.165) is 32.2 Å². The normalized spacial score (nSPS) is 12.3. The van der Waals surface area contributed by atoms with Gasteiger partial charge in [0.25, 0.3) is 0 Å². The Bertz CT molecular complexity index is 800. The number of aromatic nitrogens is 1. The summed E-state index contributed by atoms with van der Waals surface area (Å²) in [4.78, 5) is 4.68. The van der Waals surface area contributed by atoms with Gasteiger partial charge in [-0.25, -0.2) is 4.98 Å². The Kier molecular flexibility index (Phi) is 5.30. The standard InChI is InChI=1S/C18H20N2O3S/c1-12(21)10-19-14-5-3-13(4-6-14)18-20-16-8-7-15(23-11-22-2)9-17(16)24-18/h3-9,12,19,21H,10-11H2,1-2H3. The van der Waals surface area contributed by atoms with Crippen LogP contribution in [0.4, 0.5) is 5.69 Å². The molecule has 0 fully saturated rings. The number of thiazole rings is 1. The van der Waals surface area contributed by atoms with Crippen LogP contribution >= 0.6 is 11.3 Å². The summed E-state index contributed by atoms with van der Waals surface area (Å²) >= 11 is 1.63. The van der Waals surface area contributed by atoms with Gasteiger partial charge < -0.3 is 19.9 Å². The van der Waals surface area contributed by atoms with Crippen LogP contribution in [0.2, 0.25) is 0 Å². The monoisotopic (exact) mass is 344 g/mol. The number of benzene rings is 2. The molecule has 6 heteroatoms. The highest BCUT2D eigenvalue weighted by Crippen LogP contribution is 2.32. The summed E-state index contributed by atoms with van der Waals surface area (Å²) in [5, 5.41) is 13.5. The maximum Gasteiger partial charge on any atom is 0.188 e. The van der Waals surface area contributed by atoms with Gasteiger partial charge in [-0.3, -0.25) is 0 Å². The number of nitrogens with one attached hydrogen (secondary N) is 1. The van der Waals surface area contributed by atoms with E-state index >= 15 is 0 Å². The van der Waals surface area contributed by atoms with Crippen LogP contribution in [0.5, 0.6) is 5.75 Å². The highest BCUT2D eigenvalue weighted by molar-refractivity contribution is 7.21. The van der Waals surface area contributed by atoms with E-state index in [9.17, 15) is 5.11 Å². The van der Waals surface area contributed by atoms with Crippen LogP contribution in [0.15, 0.2) is 42.5 Å². The van der Waals surface area contributed by atoms with Gasteiger partial charge in [-0.05, 0) is 49.4 Å². The Morgan fingerprint density at radius 2 is 2.00 bits per heavy atom. The Morgan fingerprint density at radius 3 is 2.71 bits per heavy atom. The van der Waals surface area contributed by atoms with Gasteiger partial charge in [-0.2, -0.15) is 0 Å². The first-order valence-corrected chi connectivity index (χ1v) is 8.52. The molecule has 2 aromatic carbocycles. The quantitative estimate of drug-likeness (QED) is 0.639. The number of aliphatic hydroxyl groups is 1. The lowest BCUT2D eigenvalue weighted by Crippen LogP contribution is -2.15. The molecule has 1 heterocycles. The summed E-state index contributed by atoms with van der Waals surface area (Å²) in [5.74, 6) is 0.775. The van der Waals surface area contributed by atoms with E-state index in [4.69, 9.17) is 9.47 Å². The van der Waals surface area contributed by atoms with Crippen LogP contribution in [-0.2, 0) is 4.74 Å². The summed E-state index contributed by atoms with van der Waals surface area (Å²) < 4.78 is 11.5. The zero-order valence-electron chi connectivity index (χ0n) is 13.7. The van der Waals surface area contributed by atoms with E-state index < -0.39 is 0 Å². The molecule has 0 aliphatic rings. The molecule has 3 aromatic rings. The van der Waals surface area contributed by atoms with E-state index in [0.29, 0.717) is 6.54 Å². The number of nitrogens with zero attached hydrogens (tertiary/aromatic N) is 1. The predicted octanol–water partition coefficient (Wildman–Crippen LogP) is 3.74. The van der Waals surface area contributed by atoms with Crippen LogP contribution in [0.25, 0.3) is 20.8 Å². The molecule has 0 aliphatic heterocycles. The van der Waals surface area contributed by atoms with Crippen molar-refractivity contribution in [2.75, 3.05) is 25.8 Å². The molecule has 0 aliphatic carbocycles. The van der Waals surface area contributed by atoms with E-state index in [1.807, 2.05) is 42.5 Å². The molecule has 2 N–H and O–H groups in total. The number of anilines is 1. The van der Waals surface area contributed by atoms with E-state index in [1.165, 1.54) is 0 Å². The number of aliphatic hydroxyl groups excluding tert-OH is 1. The first-order valence-electron chi connectivity index (χ1n) is 7.70. The van der Waals surface area contributed by atoms with Crippen molar-refractivity contribution in [1.29, 1.82) is 0 Å². The molecule has 1 aromatic heterocycles. The summed E-state index contributed by atoms with van der Waals surface area (Å²) in [6.45, 7) is 2.52. The molecule has 0 saturated heterocycles. The van der Waals surface area contributed by atoms with E-state index in [2.05, 4.69) is 10.3 Å². The zero-order chi connectivity index (χ0) is 16.9. The van der Waals surface area contributed by atoms with Crippen LogP contribution in [0.1, 0.15) is 6.92 Å². The van der Waals surface area contributed by atoms with Gasteiger partial charge in [-0.15, -0.1) is 11.3 Å². The fourth-order valence-corrected chi connectivity index (χ4v) is 3.24. The minimum absolute atomic E-state index is 0.234. The Hall–Kier alpha value is -2.15. The SMILES string of the molecule is COCOc1ccc2nc(-c3ccc(NCC(C)O)cc3)sc2c1. The molecule has 0 bridgehead atoms. The highest BCUT2D eigenvalue weighted by Gasteiger charge is 2.08. The summed E-state index contributed by atoms with van der Waals surface area (Å²) in [6.07, 6.45) is -0.372. The Balaban J connectivity index is 1.78. The van der Waals surface area contributed by atoms with Crippen molar-refractivity contribution in [2.24, 2.45) is 0 Å². The van der Waals surface area contributed by atoms with E-state index in [-0.39, 0.29) is 12.9 Å². The summed E-state index contributed by atoms with van der Waals surface area (Å²) in [7, 11) is 1.60. The van der Waals surface area contributed by atoms with Crippen molar-refractivity contribution in [3.05, 3.63) is 42.5 Å². The van der Waals surface area contributed by atoms with Crippen LogP contribution < -0.4 is 10.1 Å². The number of hydrogen-bond donors (Lipinski definition) is 2. The number of ether oxygens (including phenoxy) is 2. The van der Waals surface area contributed by atoms with Crippen LogP contribution in [-0.4, -0.2) is 36.6 Å². The molecule has 0 amide bonds. The average molecular weight is 344 g/mol. The molecular formula is C18H20N2O3S. The maximum absolute atomic E-state index is 9.31. The number of methoxy groups -OCH3 is 1. The fraction of sp³-hybridized carbons (Fsp3) is 0.278. The van der Waals surface area contributed by atoms with Crippen molar-refractivity contribution in [3.8, 4) is 16.3 Å². The summed E-state index contributed by atoms with van der Waals surface area (Å²) in [5.41, 5.74) is 3.00. The molecule has 5 nitrogen and oxygen atoms in total. The highest BCUT2D eigenvalue weighted by atomic mass is 32.1. The van der Waals surface area contributed by atoms with Crippen molar-refractivity contribution < 1.29 is 14.6 Å². The minimum atomic E-state index is -0.372. The third-order valence-electron chi connectivity index (χ3n) is 3.44. The molecule has 3 rings (SSSR count). The second-order valence-corrected chi connectivity index (χ2v) is 6.54. The largest absolute Gasteiger partial charge is 0.468 e. The predicted molar refractivity (Wildman–Crippen MR) is 97.7 cm³/mol. The fourth-order valence-electron chi connectivity index (χ4n) is 2.24. The second-order valence-electron chi connectivity index (χ2n) is 5.51. The van der Waals surface area contributed by atoms with Gasteiger partial charge in [0.05, 0.1) is 16.3 Å². The topological polar surface area (TPSA) is 63.6 Å². The Labute approximate surface area is 144 Å². The van der Waals surface area contributed by atoms with Crippen LogP contribution in [0, 0.1) is 0 Å². The molecule has 24 heavy (non-hydrogen) atoms. The number of hydrogen-bond acceptors (Lipinski definition) is 6. The lowest BCUT2D eigenvalue weighted by Gasteiger charge is -2.08. The lowest BCUT2D eigenvalue weighted by molar-refractivity contribution is 0.0512. The molecule has 1 unspecified atom stereocenters. The van der Waals surface area contributed by atoms with Gasteiger partial charge in [-0.1, -0.05) is 0 Å². The molecule has 126 valence electrons. The van der Waals surface area contributed by atoms with Crippen LogP contribution in [0.3, 0.4) is 0 Å². The number of fused-ring (bicyclic) bond motifs is 1. The van der Waals surface area contributed by atoms with Gasteiger partial charge in [0.1, 0.15) is 10.8 Å².